The first-order chi connectivity index (χ1) is 9.99. The molecule has 3 N–H and O–H groups in total. The van der Waals surface area contributed by atoms with Crippen LogP contribution in [0.4, 0.5) is 5.69 Å². The largest absolute Gasteiger partial charge is 0.495 e. The summed E-state index contributed by atoms with van der Waals surface area (Å²) in [5.41, 5.74) is 6.60. The van der Waals surface area contributed by atoms with Gasteiger partial charge in [0, 0.05) is 36.6 Å². The average Bonchev–Trinajstić information content (AvgIpc) is 2.85. The minimum Gasteiger partial charge on any atom is -0.495 e. The second-order valence-corrected chi connectivity index (χ2v) is 5.93. The van der Waals surface area contributed by atoms with Crippen LogP contribution in [0, 0.1) is 0 Å². The van der Waals surface area contributed by atoms with E-state index in [1.54, 1.807) is 7.11 Å². The summed E-state index contributed by atoms with van der Waals surface area (Å²) in [5, 5.41) is 3.70. The molecule has 1 saturated heterocycles. The fraction of sp³-hybridized carbons (Fsp3) is 0.533. The highest BCUT2D eigenvalue weighted by Gasteiger charge is 2.26. The van der Waals surface area contributed by atoms with E-state index in [1.807, 2.05) is 25.1 Å². The van der Waals surface area contributed by atoms with Gasteiger partial charge in [0.2, 0.25) is 5.91 Å². The lowest BCUT2D eigenvalue weighted by Gasteiger charge is -2.22. The van der Waals surface area contributed by atoms with E-state index in [0.29, 0.717) is 11.4 Å². The number of methoxy groups -OCH3 is 1. The van der Waals surface area contributed by atoms with E-state index >= 15 is 0 Å². The summed E-state index contributed by atoms with van der Waals surface area (Å²) in [7, 11) is 1.64. The molecule has 0 bridgehead atoms. The molecule has 0 aromatic heterocycles. The molecule has 1 amide bonds. The summed E-state index contributed by atoms with van der Waals surface area (Å²) < 4.78 is 5.38. The van der Waals surface area contributed by atoms with Gasteiger partial charge in [0.05, 0.1) is 12.8 Å². The SMILES string of the molecule is COc1ccc(Cl)cc1N1CCC(NC(=O)CC(C)N)C1. The molecule has 0 radical (unpaired) electrons. The van der Waals surface area contributed by atoms with Crippen LogP contribution in [0.3, 0.4) is 0 Å². The second kappa shape index (κ2) is 7.00. The summed E-state index contributed by atoms with van der Waals surface area (Å²) in [6.45, 7) is 3.44. The molecule has 0 saturated carbocycles. The predicted molar refractivity (Wildman–Crippen MR) is 85.0 cm³/mol. The van der Waals surface area contributed by atoms with Gasteiger partial charge in [-0.3, -0.25) is 4.79 Å². The maximum atomic E-state index is 11.8. The molecule has 21 heavy (non-hydrogen) atoms. The van der Waals surface area contributed by atoms with Gasteiger partial charge in [-0.25, -0.2) is 0 Å². The standard InChI is InChI=1S/C15H22ClN3O2/c1-10(17)7-15(20)18-12-5-6-19(9-12)13-8-11(16)3-4-14(13)21-2/h3-4,8,10,12H,5-7,9,17H2,1-2H3,(H,18,20). The molecule has 2 unspecified atom stereocenters. The number of rotatable bonds is 5. The zero-order valence-electron chi connectivity index (χ0n) is 12.4. The number of benzene rings is 1. The monoisotopic (exact) mass is 311 g/mol. The van der Waals surface area contributed by atoms with Gasteiger partial charge in [0.25, 0.3) is 0 Å². The lowest BCUT2D eigenvalue weighted by Crippen LogP contribution is -2.39. The van der Waals surface area contributed by atoms with Crippen molar-refractivity contribution in [3.8, 4) is 5.75 Å². The fourth-order valence-corrected chi connectivity index (χ4v) is 2.75. The molecule has 1 aromatic carbocycles. The first-order valence-electron chi connectivity index (χ1n) is 7.13. The van der Waals surface area contributed by atoms with E-state index < -0.39 is 0 Å². The molecule has 2 atom stereocenters. The smallest absolute Gasteiger partial charge is 0.221 e. The number of amides is 1. The highest BCUT2D eigenvalue weighted by atomic mass is 35.5. The number of anilines is 1. The zero-order valence-corrected chi connectivity index (χ0v) is 13.2. The Kier molecular flexibility index (Phi) is 5.31. The topological polar surface area (TPSA) is 67.6 Å². The van der Waals surface area contributed by atoms with Crippen LogP contribution < -0.4 is 20.7 Å². The van der Waals surface area contributed by atoms with Gasteiger partial charge in [-0.15, -0.1) is 0 Å². The van der Waals surface area contributed by atoms with Crippen molar-refractivity contribution in [3.05, 3.63) is 23.2 Å². The first-order valence-corrected chi connectivity index (χ1v) is 7.51. The molecule has 1 aliphatic rings. The summed E-state index contributed by atoms with van der Waals surface area (Å²) in [6, 6.07) is 5.59. The number of hydrogen-bond donors (Lipinski definition) is 2. The zero-order chi connectivity index (χ0) is 15.4. The van der Waals surface area contributed by atoms with E-state index in [9.17, 15) is 4.79 Å². The molecule has 2 rings (SSSR count). The lowest BCUT2D eigenvalue weighted by atomic mass is 10.2. The normalized spacial score (nSPS) is 19.4. The maximum absolute atomic E-state index is 11.8. The van der Waals surface area contributed by atoms with Crippen molar-refractivity contribution in [2.75, 3.05) is 25.1 Å². The second-order valence-electron chi connectivity index (χ2n) is 5.50. The first kappa shape index (κ1) is 15.9. The molecule has 1 heterocycles. The van der Waals surface area contributed by atoms with Gasteiger partial charge >= 0.3 is 0 Å². The van der Waals surface area contributed by atoms with Gasteiger partial charge in [-0.05, 0) is 31.5 Å². The van der Waals surface area contributed by atoms with Gasteiger partial charge in [0.15, 0.2) is 0 Å². The summed E-state index contributed by atoms with van der Waals surface area (Å²) in [5.74, 6) is 0.803. The number of carbonyl (C=O) groups is 1. The van der Waals surface area contributed by atoms with Crippen molar-refractivity contribution in [1.82, 2.24) is 5.32 Å². The molecular weight excluding hydrogens is 290 g/mol. The van der Waals surface area contributed by atoms with E-state index in [2.05, 4.69) is 10.2 Å². The van der Waals surface area contributed by atoms with E-state index in [-0.39, 0.29) is 18.0 Å². The Morgan fingerprint density at radius 2 is 2.38 bits per heavy atom. The van der Waals surface area contributed by atoms with Gasteiger partial charge in [0.1, 0.15) is 5.75 Å². The predicted octanol–water partition coefficient (Wildman–Crippen LogP) is 1.78. The quantitative estimate of drug-likeness (QED) is 0.870. The molecule has 1 aliphatic heterocycles. The van der Waals surface area contributed by atoms with Crippen LogP contribution in [0.5, 0.6) is 5.75 Å². The van der Waals surface area contributed by atoms with Crippen molar-refractivity contribution in [2.24, 2.45) is 5.73 Å². The van der Waals surface area contributed by atoms with Crippen molar-refractivity contribution in [2.45, 2.75) is 31.8 Å². The Labute approximate surface area is 130 Å². The Morgan fingerprint density at radius 3 is 3.05 bits per heavy atom. The van der Waals surface area contributed by atoms with Crippen LogP contribution in [0.25, 0.3) is 0 Å². The lowest BCUT2D eigenvalue weighted by molar-refractivity contribution is -0.121. The van der Waals surface area contributed by atoms with E-state index in [4.69, 9.17) is 22.1 Å². The maximum Gasteiger partial charge on any atom is 0.221 e. The third kappa shape index (κ3) is 4.25. The van der Waals surface area contributed by atoms with Crippen molar-refractivity contribution in [1.29, 1.82) is 0 Å². The number of ether oxygens (including phenoxy) is 1. The number of hydrogen-bond acceptors (Lipinski definition) is 4. The average molecular weight is 312 g/mol. The Balaban J connectivity index is 1.99. The van der Waals surface area contributed by atoms with Crippen molar-refractivity contribution >= 4 is 23.2 Å². The molecule has 6 heteroatoms. The molecule has 1 aromatic rings. The minimum absolute atomic E-state index is 0.00918. The Bertz CT molecular complexity index is 508. The Morgan fingerprint density at radius 1 is 1.62 bits per heavy atom. The van der Waals surface area contributed by atoms with Crippen molar-refractivity contribution < 1.29 is 9.53 Å². The fourth-order valence-electron chi connectivity index (χ4n) is 2.59. The Hall–Kier alpha value is -1.46. The van der Waals surface area contributed by atoms with Crippen LogP contribution in [0.1, 0.15) is 19.8 Å². The minimum atomic E-state index is -0.115. The summed E-state index contributed by atoms with van der Waals surface area (Å²) >= 11 is 6.06. The number of nitrogens with zero attached hydrogens (tertiary/aromatic N) is 1. The highest BCUT2D eigenvalue weighted by Crippen LogP contribution is 2.33. The molecule has 0 spiro atoms. The summed E-state index contributed by atoms with van der Waals surface area (Å²) in [4.78, 5) is 14.0. The number of carbonyl (C=O) groups excluding carboxylic acids is 1. The third-order valence-corrected chi connectivity index (χ3v) is 3.78. The van der Waals surface area contributed by atoms with E-state index in [1.165, 1.54) is 0 Å². The molecule has 1 fully saturated rings. The van der Waals surface area contributed by atoms with Crippen LogP contribution >= 0.6 is 11.6 Å². The van der Waals surface area contributed by atoms with Crippen LogP contribution in [-0.4, -0.2) is 38.2 Å². The highest BCUT2D eigenvalue weighted by molar-refractivity contribution is 6.30. The van der Waals surface area contributed by atoms with Gasteiger partial charge < -0.3 is 20.7 Å². The molecular formula is C15H22ClN3O2. The number of nitrogens with one attached hydrogen (secondary N) is 1. The molecule has 116 valence electrons. The van der Waals surface area contributed by atoms with Crippen LogP contribution in [-0.2, 0) is 4.79 Å². The van der Waals surface area contributed by atoms with Crippen LogP contribution in [0.15, 0.2) is 18.2 Å². The number of halogens is 1. The van der Waals surface area contributed by atoms with E-state index in [0.717, 1.165) is 30.9 Å². The summed E-state index contributed by atoms with van der Waals surface area (Å²) in [6.07, 6.45) is 1.26. The van der Waals surface area contributed by atoms with Gasteiger partial charge in [-0.1, -0.05) is 11.6 Å². The van der Waals surface area contributed by atoms with Crippen LogP contribution in [0.2, 0.25) is 5.02 Å². The molecule has 5 nitrogen and oxygen atoms in total. The molecule has 0 aliphatic carbocycles. The third-order valence-electron chi connectivity index (χ3n) is 3.54. The van der Waals surface area contributed by atoms with Gasteiger partial charge in [-0.2, -0.15) is 0 Å². The number of nitrogens with two attached hydrogens (primary N) is 1. The van der Waals surface area contributed by atoms with Crippen molar-refractivity contribution in [3.63, 3.8) is 0 Å².